The van der Waals surface area contributed by atoms with Crippen molar-refractivity contribution in [3.05, 3.63) is 24.3 Å². The predicted molar refractivity (Wildman–Crippen MR) is 49.2 cm³/mol. The fourth-order valence-electron chi connectivity index (χ4n) is 0.399. The van der Waals surface area contributed by atoms with Gasteiger partial charge in [-0.3, -0.25) is 0 Å². The molecule has 0 amide bonds. The first-order chi connectivity index (χ1) is 7.79. The Labute approximate surface area is 112 Å². The van der Waals surface area contributed by atoms with Crippen LogP contribution in [0.25, 0.3) is 0 Å². The molecule has 15 heteroatoms. The summed E-state index contributed by atoms with van der Waals surface area (Å²) in [5, 5.41) is 0. The normalized spacial score (nSPS) is 22.2. The maximum absolute atomic E-state index is 10.7. The zero-order valence-electron chi connectivity index (χ0n) is 8.67. The molecule has 0 aromatic carbocycles. The molecular formula is C5H5F12FeP2. The first kappa shape index (κ1) is 22.3. The molecule has 1 aliphatic carbocycles. The standard InChI is InChI=1S/C5H5.2F6P.Fe/c1-2-4-5-3-1;2*1-7(2,3,4,5)6;/h1-5H;;;/q;2*-1;+2. The van der Waals surface area contributed by atoms with E-state index in [0.717, 1.165) is 0 Å². The van der Waals surface area contributed by atoms with E-state index < -0.39 is 15.6 Å². The molecule has 0 N–H and O–H groups in total. The monoisotopic (exact) mass is 411 g/mol. The Hall–Kier alpha value is 0.0195. The van der Waals surface area contributed by atoms with Crippen LogP contribution >= 0.6 is 15.6 Å². The second kappa shape index (κ2) is 4.51. The molecule has 0 unspecified atom stereocenters. The van der Waals surface area contributed by atoms with Crippen molar-refractivity contribution in [1.29, 1.82) is 0 Å². The van der Waals surface area contributed by atoms with Gasteiger partial charge in [-0.25, -0.2) is 0 Å². The van der Waals surface area contributed by atoms with Gasteiger partial charge in [0.05, 0.1) is 0 Å². The van der Waals surface area contributed by atoms with Crippen molar-refractivity contribution in [1.82, 2.24) is 0 Å². The SMILES string of the molecule is F[P-](F)(F)(F)(F)F.F[P-](F)(F)(F)(F)F.[Fe+2][CH]1C=CC=C1. The molecule has 0 heterocycles. The van der Waals surface area contributed by atoms with Crippen LogP contribution in [0.2, 0.25) is 4.82 Å². The van der Waals surface area contributed by atoms with Crippen LogP contribution in [0.15, 0.2) is 24.3 Å². The van der Waals surface area contributed by atoms with Crippen LogP contribution in [-0.2, 0) is 16.0 Å². The van der Waals surface area contributed by atoms with E-state index in [9.17, 15) is 50.4 Å². The molecule has 0 aliphatic heterocycles. The summed E-state index contributed by atoms with van der Waals surface area (Å²) in [5.41, 5.74) is 0. The average Bonchev–Trinajstić information content (AvgIpc) is 2.22. The van der Waals surface area contributed by atoms with Gasteiger partial charge >= 0.3 is 111 Å². The number of hydrogen-bond donors (Lipinski definition) is 0. The Kier molecular flexibility index (Phi) is 5.03. The quantitative estimate of drug-likeness (QED) is 0.214. The fraction of sp³-hybridized carbons (Fsp3) is 0.200. The van der Waals surface area contributed by atoms with Crippen molar-refractivity contribution >= 4 is 15.6 Å². The van der Waals surface area contributed by atoms with E-state index >= 15 is 0 Å². The van der Waals surface area contributed by atoms with Crippen molar-refractivity contribution in [2.45, 2.75) is 4.82 Å². The van der Waals surface area contributed by atoms with Crippen molar-refractivity contribution < 1.29 is 66.4 Å². The molecule has 127 valence electrons. The van der Waals surface area contributed by atoms with Crippen molar-refractivity contribution in [3.63, 3.8) is 0 Å². The van der Waals surface area contributed by atoms with Gasteiger partial charge in [0.2, 0.25) is 0 Å². The fourth-order valence-corrected chi connectivity index (χ4v) is 0.645. The Morgan fingerprint density at radius 3 is 0.750 bits per heavy atom. The van der Waals surface area contributed by atoms with E-state index in [4.69, 9.17) is 0 Å². The summed E-state index contributed by atoms with van der Waals surface area (Å²) in [4.78, 5) is 0.435. The Morgan fingerprint density at radius 1 is 0.550 bits per heavy atom. The maximum atomic E-state index is 9.87. The average molecular weight is 411 g/mol. The van der Waals surface area contributed by atoms with Crippen LogP contribution in [0.1, 0.15) is 0 Å². The Bertz CT molecular complexity index is 329. The van der Waals surface area contributed by atoms with Crippen LogP contribution in [0, 0.1) is 0 Å². The van der Waals surface area contributed by atoms with Gasteiger partial charge in [0, 0.05) is 0 Å². The van der Waals surface area contributed by atoms with Gasteiger partial charge in [0.1, 0.15) is 0 Å². The summed E-state index contributed by atoms with van der Waals surface area (Å²) < 4.78 is 118. The molecule has 1 aliphatic rings. The van der Waals surface area contributed by atoms with Gasteiger partial charge in [-0.05, 0) is 0 Å². The van der Waals surface area contributed by atoms with E-state index in [0.29, 0.717) is 4.82 Å². The molecule has 0 bridgehead atoms. The van der Waals surface area contributed by atoms with Crippen LogP contribution < -0.4 is 0 Å². The van der Waals surface area contributed by atoms with Gasteiger partial charge in [-0.2, -0.15) is 0 Å². The van der Waals surface area contributed by atoms with Crippen LogP contribution in [-0.4, -0.2) is 0 Å². The van der Waals surface area contributed by atoms with Gasteiger partial charge in [-0.15, -0.1) is 0 Å². The molecule has 0 atom stereocenters. The molecule has 0 fully saturated rings. The summed E-state index contributed by atoms with van der Waals surface area (Å²) >= 11 is 3.76. The topological polar surface area (TPSA) is 0 Å². The Balaban J connectivity index is 0. The van der Waals surface area contributed by atoms with Crippen LogP contribution in [0.3, 0.4) is 0 Å². The summed E-state index contributed by atoms with van der Waals surface area (Å²) in [6.45, 7) is 0. The third kappa shape index (κ3) is 106. The molecule has 0 radical (unpaired) electrons. The summed E-state index contributed by atoms with van der Waals surface area (Å²) in [6.07, 6.45) is 8.13. The van der Waals surface area contributed by atoms with E-state index in [1.165, 1.54) is 0 Å². The first-order valence-corrected chi connectivity index (χ1v) is 8.59. The number of halogens is 12. The van der Waals surface area contributed by atoms with E-state index in [2.05, 4.69) is 28.2 Å². The van der Waals surface area contributed by atoms with Gasteiger partial charge in [0.25, 0.3) is 0 Å². The van der Waals surface area contributed by atoms with E-state index in [1.54, 1.807) is 0 Å². The van der Waals surface area contributed by atoms with Crippen molar-refractivity contribution in [3.8, 4) is 0 Å². The van der Waals surface area contributed by atoms with E-state index in [-0.39, 0.29) is 0 Å². The van der Waals surface area contributed by atoms with Crippen molar-refractivity contribution in [2.75, 3.05) is 0 Å². The summed E-state index contributed by atoms with van der Waals surface area (Å²) in [6, 6.07) is 0. The number of hydrogen-bond acceptors (Lipinski definition) is 0. The second-order valence-corrected chi connectivity index (χ2v) is 7.68. The van der Waals surface area contributed by atoms with Gasteiger partial charge in [-0.1, -0.05) is 0 Å². The zero-order valence-corrected chi connectivity index (χ0v) is 11.6. The molecule has 0 aromatic rings. The van der Waals surface area contributed by atoms with Crippen molar-refractivity contribution in [2.24, 2.45) is 0 Å². The molecule has 0 nitrogen and oxygen atoms in total. The number of rotatable bonds is 0. The van der Waals surface area contributed by atoms with Crippen LogP contribution in [0.5, 0.6) is 0 Å². The molecule has 0 saturated heterocycles. The summed E-state index contributed by atoms with van der Waals surface area (Å²) in [7, 11) is -21.3. The summed E-state index contributed by atoms with van der Waals surface area (Å²) in [5.74, 6) is 0. The second-order valence-electron chi connectivity index (χ2n) is 3.11. The number of allylic oxidation sites excluding steroid dienone is 4. The van der Waals surface area contributed by atoms with Gasteiger partial charge in [0.15, 0.2) is 0 Å². The van der Waals surface area contributed by atoms with E-state index in [1.807, 2.05) is 12.2 Å². The predicted octanol–water partition coefficient (Wildman–Crippen LogP) is 8.21. The zero-order chi connectivity index (χ0) is 17.2. The van der Waals surface area contributed by atoms with Crippen LogP contribution in [0.4, 0.5) is 50.4 Å². The molecular weight excluding hydrogens is 406 g/mol. The third-order valence-corrected chi connectivity index (χ3v) is 1.12. The Morgan fingerprint density at radius 2 is 0.700 bits per heavy atom. The molecule has 0 aromatic heterocycles. The molecule has 1 rings (SSSR count). The molecule has 0 saturated carbocycles. The minimum absolute atomic E-state index is 0.435. The molecule has 20 heavy (non-hydrogen) atoms. The minimum atomic E-state index is -10.7. The third-order valence-electron chi connectivity index (χ3n) is 0.692. The van der Waals surface area contributed by atoms with Gasteiger partial charge < -0.3 is 0 Å². The first-order valence-electron chi connectivity index (χ1n) is 3.90. The molecule has 0 spiro atoms.